The summed E-state index contributed by atoms with van der Waals surface area (Å²) in [6, 6.07) is 5.40. The van der Waals surface area contributed by atoms with Gasteiger partial charge in [-0.1, -0.05) is 19.1 Å². The minimum atomic E-state index is 0.107. The smallest absolute Gasteiger partial charge is 0.170 e. The van der Waals surface area contributed by atoms with Crippen LogP contribution in [0.1, 0.15) is 35.7 Å². The average molecular weight is 216 g/mol. The molecule has 0 radical (unpaired) electrons. The standard InChI is InChI=1S/C14H16O2/c1-8(9-5-6-9)11-7-10-3-2-4-12(15)13(10)14(11)16/h2-4,8-9,11,15H,5-7H2,1H3. The predicted octanol–water partition coefficient (Wildman–Crippen LogP) is 2.79. The fourth-order valence-electron chi connectivity index (χ4n) is 2.93. The molecule has 84 valence electrons. The highest BCUT2D eigenvalue weighted by molar-refractivity contribution is 6.04. The lowest BCUT2D eigenvalue weighted by Crippen LogP contribution is -2.19. The molecule has 1 aromatic carbocycles. The van der Waals surface area contributed by atoms with Gasteiger partial charge in [-0.2, -0.15) is 0 Å². The zero-order chi connectivity index (χ0) is 11.3. The summed E-state index contributed by atoms with van der Waals surface area (Å²) in [7, 11) is 0. The highest BCUT2D eigenvalue weighted by Gasteiger charge is 2.41. The quantitative estimate of drug-likeness (QED) is 0.825. The molecule has 0 saturated heterocycles. The fraction of sp³-hybridized carbons (Fsp3) is 0.500. The number of carbonyl (C=O) groups excluding carboxylic acids is 1. The van der Waals surface area contributed by atoms with E-state index in [0.717, 1.165) is 17.9 Å². The van der Waals surface area contributed by atoms with Gasteiger partial charge in [-0.3, -0.25) is 4.79 Å². The van der Waals surface area contributed by atoms with Crippen molar-refractivity contribution in [2.75, 3.05) is 0 Å². The minimum Gasteiger partial charge on any atom is -0.507 e. The van der Waals surface area contributed by atoms with E-state index in [9.17, 15) is 9.90 Å². The average Bonchev–Trinajstić information content (AvgIpc) is 3.04. The summed E-state index contributed by atoms with van der Waals surface area (Å²) in [5, 5.41) is 9.73. The number of carbonyl (C=O) groups is 1. The van der Waals surface area contributed by atoms with Crippen LogP contribution in [-0.4, -0.2) is 10.9 Å². The Kier molecular flexibility index (Phi) is 2.06. The summed E-state index contributed by atoms with van der Waals surface area (Å²) < 4.78 is 0. The van der Waals surface area contributed by atoms with E-state index in [1.54, 1.807) is 6.07 Å². The van der Waals surface area contributed by atoms with Crippen LogP contribution in [0, 0.1) is 17.8 Å². The van der Waals surface area contributed by atoms with Crippen molar-refractivity contribution in [3.8, 4) is 5.75 Å². The summed E-state index contributed by atoms with van der Waals surface area (Å²) in [6.07, 6.45) is 3.36. The van der Waals surface area contributed by atoms with Crippen LogP contribution in [-0.2, 0) is 6.42 Å². The summed E-state index contributed by atoms with van der Waals surface area (Å²) in [6.45, 7) is 2.18. The number of phenols is 1. The molecule has 2 atom stereocenters. The molecule has 0 aliphatic heterocycles. The largest absolute Gasteiger partial charge is 0.507 e. The number of aromatic hydroxyl groups is 1. The van der Waals surface area contributed by atoms with Crippen molar-refractivity contribution in [1.82, 2.24) is 0 Å². The van der Waals surface area contributed by atoms with Crippen molar-refractivity contribution in [3.63, 3.8) is 0 Å². The van der Waals surface area contributed by atoms with Crippen LogP contribution in [0.2, 0.25) is 0 Å². The number of benzene rings is 1. The van der Waals surface area contributed by atoms with E-state index in [4.69, 9.17) is 0 Å². The molecule has 0 heterocycles. The fourth-order valence-corrected chi connectivity index (χ4v) is 2.93. The third-order valence-corrected chi connectivity index (χ3v) is 4.15. The molecule has 2 heteroatoms. The van der Waals surface area contributed by atoms with Crippen molar-refractivity contribution >= 4 is 5.78 Å². The number of rotatable bonds is 2. The van der Waals surface area contributed by atoms with Gasteiger partial charge in [0.15, 0.2) is 5.78 Å². The number of fused-ring (bicyclic) bond motifs is 1. The second kappa shape index (κ2) is 3.34. The van der Waals surface area contributed by atoms with E-state index in [2.05, 4.69) is 6.92 Å². The molecule has 2 aliphatic carbocycles. The van der Waals surface area contributed by atoms with Crippen LogP contribution in [0.15, 0.2) is 18.2 Å². The predicted molar refractivity (Wildman–Crippen MR) is 61.5 cm³/mol. The van der Waals surface area contributed by atoms with E-state index in [1.165, 1.54) is 12.8 Å². The Balaban J connectivity index is 1.94. The molecule has 0 amide bonds. The molecule has 2 nitrogen and oxygen atoms in total. The molecule has 1 N–H and O–H groups in total. The summed E-state index contributed by atoms with van der Waals surface area (Å²) >= 11 is 0. The van der Waals surface area contributed by atoms with E-state index in [1.807, 2.05) is 12.1 Å². The van der Waals surface area contributed by atoms with Crippen LogP contribution in [0.25, 0.3) is 0 Å². The minimum absolute atomic E-state index is 0.107. The van der Waals surface area contributed by atoms with Crippen molar-refractivity contribution in [2.24, 2.45) is 17.8 Å². The van der Waals surface area contributed by atoms with Gasteiger partial charge < -0.3 is 5.11 Å². The second-order valence-corrected chi connectivity index (χ2v) is 5.18. The van der Waals surface area contributed by atoms with Gasteiger partial charge in [-0.25, -0.2) is 0 Å². The highest BCUT2D eigenvalue weighted by atomic mass is 16.3. The zero-order valence-corrected chi connectivity index (χ0v) is 9.44. The molecule has 0 bridgehead atoms. The zero-order valence-electron chi connectivity index (χ0n) is 9.44. The van der Waals surface area contributed by atoms with Crippen molar-refractivity contribution in [1.29, 1.82) is 0 Å². The molecule has 1 fully saturated rings. The number of hydrogen-bond donors (Lipinski definition) is 1. The van der Waals surface area contributed by atoms with Crippen LogP contribution >= 0.6 is 0 Å². The Hall–Kier alpha value is -1.31. The van der Waals surface area contributed by atoms with Crippen LogP contribution < -0.4 is 0 Å². The Morgan fingerprint density at radius 2 is 2.12 bits per heavy atom. The van der Waals surface area contributed by atoms with Crippen LogP contribution in [0.5, 0.6) is 5.75 Å². The molecular weight excluding hydrogens is 200 g/mol. The van der Waals surface area contributed by atoms with Crippen molar-refractivity contribution in [3.05, 3.63) is 29.3 Å². The molecule has 3 rings (SSSR count). The van der Waals surface area contributed by atoms with Gasteiger partial charge >= 0.3 is 0 Å². The maximum atomic E-state index is 12.2. The second-order valence-electron chi connectivity index (χ2n) is 5.18. The maximum Gasteiger partial charge on any atom is 0.170 e. The summed E-state index contributed by atoms with van der Waals surface area (Å²) in [4.78, 5) is 12.2. The molecular formula is C14H16O2. The number of hydrogen-bond acceptors (Lipinski definition) is 2. The summed E-state index contributed by atoms with van der Waals surface area (Å²) in [5.41, 5.74) is 1.61. The molecule has 2 aliphatic rings. The first-order valence-electron chi connectivity index (χ1n) is 6.03. The van der Waals surface area contributed by atoms with E-state index < -0.39 is 0 Å². The number of phenolic OH excluding ortho intramolecular Hbond substituents is 1. The Bertz CT molecular complexity index is 446. The van der Waals surface area contributed by atoms with Gasteiger partial charge in [0.05, 0.1) is 5.56 Å². The van der Waals surface area contributed by atoms with E-state index in [0.29, 0.717) is 11.5 Å². The van der Waals surface area contributed by atoms with Gasteiger partial charge in [-0.15, -0.1) is 0 Å². The molecule has 2 unspecified atom stereocenters. The first-order chi connectivity index (χ1) is 7.68. The van der Waals surface area contributed by atoms with Crippen molar-refractivity contribution in [2.45, 2.75) is 26.2 Å². The number of ketones is 1. The third kappa shape index (κ3) is 1.36. The van der Waals surface area contributed by atoms with Crippen molar-refractivity contribution < 1.29 is 9.90 Å². The Labute approximate surface area is 95.3 Å². The highest BCUT2D eigenvalue weighted by Crippen LogP contribution is 2.45. The Morgan fingerprint density at radius 3 is 2.75 bits per heavy atom. The van der Waals surface area contributed by atoms with Gasteiger partial charge in [0.25, 0.3) is 0 Å². The molecule has 1 saturated carbocycles. The van der Waals surface area contributed by atoms with E-state index in [-0.39, 0.29) is 17.5 Å². The normalized spacial score (nSPS) is 25.6. The molecule has 0 aromatic heterocycles. The van der Waals surface area contributed by atoms with Crippen LogP contribution in [0.3, 0.4) is 0 Å². The van der Waals surface area contributed by atoms with Gasteiger partial charge in [0, 0.05) is 5.92 Å². The first kappa shape index (κ1) is 9.88. The van der Waals surface area contributed by atoms with Gasteiger partial charge in [-0.05, 0) is 42.7 Å². The topological polar surface area (TPSA) is 37.3 Å². The molecule has 16 heavy (non-hydrogen) atoms. The first-order valence-corrected chi connectivity index (χ1v) is 6.03. The summed E-state index contributed by atoms with van der Waals surface area (Å²) in [5.74, 6) is 1.64. The lowest BCUT2D eigenvalue weighted by Gasteiger charge is -2.16. The molecule has 0 spiro atoms. The third-order valence-electron chi connectivity index (χ3n) is 4.15. The number of Topliss-reactive ketones (excluding diaryl/α,β-unsaturated/α-hetero) is 1. The van der Waals surface area contributed by atoms with E-state index >= 15 is 0 Å². The lowest BCUT2D eigenvalue weighted by atomic mass is 9.87. The van der Waals surface area contributed by atoms with Gasteiger partial charge in [0.2, 0.25) is 0 Å². The molecule has 1 aromatic rings. The Morgan fingerprint density at radius 1 is 1.38 bits per heavy atom. The maximum absolute atomic E-state index is 12.2. The van der Waals surface area contributed by atoms with Crippen LogP contribution in [0.4, 0.5) is 0 Å². The lowest BCUT2D eigenvalue weighted by molar-refractivity contribution is 0.0887. The van der Waals surface area contributed by atoms with Gasteiger partial charge in [0.1, 0.15) is 5.75 Å². The monoisotopic (exact) mass is 216 g/mol. The SMILES string of the molecule is CC(C1CC1)C1Cc2cccc(O)c2C1=O.